The number of ether oxygens (including phenoxy) is 2. The van der Waals surface area contributed by atoms with Crippen molar-refractivity contribution in [2.75, 3.05) is 18.5 Å². The summed E-state index contributed by atoms with van der Waals surface area (Å²) in [5.74, 6) is -0.393. The van der Waals surface area contributed by atoms with Gasteiger partial charge in [0, 0.05) is 5.69 Å². The van der Waals surface area contributed by atoms with E-state index in [1.807, 2.05) is 6.92 Å². The minimum Gasteiger partial charge on any atom is -0.462 e. The van der Waals surface area contributed by atoms with Gasteiger partial charge >= 0.3 is 12.1 Å². The van der Waals surface area contributed by atoms with Crippen LogP contribution in [0.15, 0.2) is 24.3 Å². The van der Waals surface area contributed by atoms with Crippen LogP contribution >= 0.6 is 47.0 Å². The Morgan fingerprint density at radius 2 is 1.75 bits per heavy atom. The molecule has 1 aromatic rings. The molecule has 1 aromatic carbocycles. The first-order valence-electron chi connectivity index (χ1n) is 8.52. The molecule has 0 aliphatic heterocycles. The van der Waals surface area contributed by atoms with Gasteiger partial charge in [0.25, 0.3) is 0 Å². The maximum atomic E-state index is 11.9. The number of nitrogens with one attached hydrogen (secondary N) is 3. The van der Waals surface area contributed by atoms with Crippen LogP contribution in [0.4, 0.5) is 10.5 Å². The number of hydrogen-bond acceptors (Lipinski definition) is 5. The van der Waals surface area contributed by atoms with Crippen LogP contribution < -0.4 is 16.0 Å². The predicted molar refractivity (Wildman–Crippen MR) is 115 cm³/mol. The number of alkyl carbamates (subject to hydrolysis) is 1. The Morgan fingerprint density at radius 3 is 2.29 bits per heavy atom. The van der Waals surface area contributed by atoms with E-state index in [9.17, 15) is 9.59 Å². The standard InChI is InChI=1S/C17H22Cl3N3O4S/c1-3-5-10-27-13(24)11-6-8-12(9-7-11)21-15(28)22-14(17(18,19)20)23-16(25)26-4-2/h6-9,14H,3-5,10H2,1-2H3,(H,23,25)(H2,21,22,28)/t14-/m0/s1. The van der Waals surface area contributed by atoms with Crippen LogP contribution in [0, 0.1) is 0 Å². The summed E-state index contributed by atoms with van der Waals surface area (Å²) in [6.45, 7) is 4.21. The summed E-state index contributed by atoms with van der Waals surface area (Å²) >= 11 is 22.7. The van der Waals surface area contributed by atoms with Gasteiger partial charge in [0.15, 0.2) is 11.3 Å². The minimum atomic E-state index is -1.88. The zero-order valence-electron chi connectivity index (χ0n) is 15.4. The average molecular weight is 471 g/mol. The van der Waals surface area contributed by atoms with Crippen molar-refractivity contribution in [2.24, 2.45) is 0 Å². The molecule has 0 aromatic heterocycles. The average Bonchev–Trinajstić information content (AvgIpc) is 2.61. The molecule has 1 amide bonds. The van der Waals surface area contributed by atoms with E-state index in [1.165, 1.54) is 0 Å². The van der Waals surface area contributed by atoms with E-state index in [0.717, 1.165) is 12.8 Å². The van der Waals surface area contributed by atoms with Gasteiger partial charge in [-0.2, -0.15) is 0 Å². The minimum absolute atomic E-state index is 0.0893. The van der Waals surface area contributed by atoms with Crippen molar-refractivity contribution in [1.82, 2.24) is 10.6 Å². The van der Waals surface area contributed by atoms with Crippen molar-refractivity contribution in [3.05, 3.63) is 29.8 Å². The predicted octanol–water partition coefficient (Wildman–Crippen LogP) is 4.37. The number of amides is 1. The Bertz CT molecular complexity index is 669. The zero-order chi connectivity index (χ0) is 21.2. The third-order valence-electron chi connectivity index (χ3n) is 3.25. The Labute approximate surface area is 184 Å². The van der Waals surface area contributed by atoms with Crippen molar-refractivity contribution in [3.8, 4) is 0 Å². The van der Waals surface area contributed by atoms with E-state index in [2.05, 4.69) is 16.0 Å². The quantitative estimate of drug-likeness (QED) is 0.171. The third-order valence-corrected chi connectivity index (χ3v) is 4.12. The lowest BCUT2D eigenvalue weighted by atomic mass is 10.2. The normalized spacial score (nSPS) is 11.9. The van der Waals surface area contributed by atoms with Gasteiger partial charge in [-0.25, -0.2) is 9.59 Å². The van der Waals surface area contributed by atoms with Gasteiger partial charge in [0.05, 0.1) is 18.8 Å². The molecule has 0 fully saturated rings. The maximum absolute atomic E-state index is 11.9. The molecule has 0 spiro atoms. The molecule has 0 unspecified atom stereocenters. The number of rotatable bonds is 8. The van der Waals surface area contributed by atoms with E-state index < -0.39 is 22.0 Å². The topological polar surface area (TPSA) is 88.7 Å². The summed E-state index contributed by atoms with van der Waals surface area (Å²) in [6, 6.07) is 6.49. The monoisotopic (exact) mass is 469 g/mol. The summed E-state index contributed by atoms with van der Waals surface area (Å²) < 4.78 is 8.02. The Kier molecular flexibility index (Phi) is 10.7. The van der Waals surface area contributed by atoms with Crippen LogP contribution in [0.5, 0.6) is 0 Å². The second-order valence-electron chi connectivity index (χ2n) is 5.50. The molecule has 0 aliphatic rings. The third kappa shape index (κ3) is 9.14. The number of carbonyl (C=O) groups is 2. The number of alkyl halides is 3. The molecule has 3 N–H and O–H groups in total. The van der Waals surface area contributed by atoms with Gasteiger partial charge in [-0.3, -0.25) is 5.32 Å². The number of anilines is 1. The van der Waals surface area contributed by atoms with E-state index in [4.69, 9.17) is 56.5 Å². The van der Waals surface area contributed by atoms with Crippen molar-refractivity contribution in [1.29, 1.82) is 0 Å². The van der Waals surface area contributed by atoms with Crippen molar-refractivity contribution >= 4 is 69.9 Å². The maximum Gasteiger partial charge on any atom is 0.408 e. The van der Waals surface area contributed by atoms with Crippen molar-refractivity contribution < 1.29 is 19.1 Å². The Hall–Kier alpha value is -1.48. The molecule has 0 radical (unpaired) electrons. The summed E-state index contributed by atoms with van der Waals surface area (Å²) in [7, 11) is 0. The molecular weight excluding hydrogens is 449 g/mol. The summed E-state index contributed by atoms with van der Waals surface area (Å²) in [4.78, 5) is 23.5. The highest BCUT2D eigenvalue weighted by Gasteiger charge is 2.35. The SMILES string of the molecule is CCCCOC(=O)c1ccc(NC(=S)N[C@@H](NC(=O)OCC)C(Cl)(Cl)Cl)cc1. The Balaban J connectivity index is 2.65. The molecule has 0 heterocycles. The van der Waals surface area contributed by atoms with Crippen LogP contribution in [-0.2, 0) is 9.47 Å². The second kappa shape index (κ2) is 12.2. The molecule has 1 rings (SSSR count). The number of esters is 1. The van der Waals surface area contributed by atoms with Crippen molar-refractivity contribution in [3.63, 3.8) is 0 Å². The van der Waals surface area contributed by atoms with Crippen LogP contribution in [0.1, 0.15) is 37.0 Å². The van der Waals surface area contributed by atoms with Gasteiger partial charge < -0.3 is 20.1 Å². The summed E-state index contributed by atoms with van der Waals surface area (Å²) in [5.41, 5.74) is 1.01. The highest BCUT2D eigenvalue weighted by atomic mass is 35.6. The van der Waals surface area contributed by atoms with Crippen LogP contribution in [0.2, 0.25) is 0 Å². The zero-order valence-corrected chi connectivity index (χ0v) is 18.5. The van der Waals surface area contributed by atoms with Gasteiger partial charge in [-0.15, -0.1) is 0 Å². The number of halogens is 3. The number of carbonyl (C=O) groups excluding carboxylic acids is 2. The fourth-order valence-corrected chi connectivity index (χ4v) is 2.43. The van der Waals surface area contributed by atoms with Gasteiger partial charge in [0.2, 0.25) is 3.79 Å². The number of thiocarbonyl (C=S) groups is 1. The molecule has 0 saturated carbocycles. The highest BCUT2D eigenvalue weighted by molar-refractivity contribution is 7.80. The molecule has 0 bridgehead atoms. The molecule has 0 aliphatic carbocycles. The fraction of sp³-hybridized carbons (Fsp3) is 0.471. The molecule has 28 heavy (non-hydrogen) atoms. The van der Waals surface area contributed by atoms with Crippen LogP contribution in [-0.4, -0.2) is 40.3 Å². The van der Waals surface area contributed by atoms with Crippen LogP contribution in [0.25, 0.3) is 0 Å². The van der Waals surface area contributed by atoms with Gasteiger partial charge in [-0.1, -0.05) is 48.1 Å². The molecule has 11 heteroatoms. The summed E-state index contributed by atoms with van der Waals surface area (Å²) in [5, 5.41) is 8.01. The van der Waals surface area contributed by atoms with E-state index in [0.29, 0.717) is 17.9 Å². The molecule has 0 saturated heterocycles. The molecule has 7 nitrogen and oxygen atoms in total. The molecule has 156 valence electrons. The lowest BCUT2D eigenvalue weighted by molar-refractivity contribution is 0.0499. The van der Waals surface area contributed by atoms with E-state index >= 15 is 0 Å². The lowest BCUT2D eigenvalue weighted by Crippen LogP contribution is -2.56. The first kappa shape index (κ1) is 24.6. The first-order valence-corrected chi connectivity index (χ1v) is 10.1. The first-order chi connectivity index (χ1) is 13.2. The largest absolute Gasteiger partial charge is 0.462 e. The molecular formula is C17H22Cl3N3O4S. The molecule has 1 atom stereocenters. The highest BCUT2D eigenvalue weighted by Crippen LogP contribution is 2.29. The van der Waals surface area contributed by atoms with E-state index in [1.54, 1.807) is 31.2 Å². The fourth-order valence-electron chi connectivity index (χ4n) is 1.87. The van der Waals surface area contributed by atoms with Gasteiger partial charge in [-0.05, 0) is 49.8 Å². The second-order valence-corrected chi connectivity index (χ2v) is 8.28. The van der Waals surface area contributed by atoms with Gasteiger partial charge in [0.1, 0.15) is 0 Å². The summed E-state index contributed by atoms with van der Waals surface area (Å²) in [6.07, 6.45) is -0.138. The number of hydrogen-bond donors (Lipinski definition) is 3. The smallest absolute Gasteiger partial charge is 0.408 e. The number of benzene rings is 1. The van der Waals surface area contributed by atoms with Crippen molar-refractivity contribution in [2.45, 2.75) is 36.6 Å². The lowest BCUT2D eigenvalue weighted by Gasteiger charge is -2.27. The van der Waals surface area contributed by atoms with E-state index in [-0.39, 0.29) is 11.7 Å². The number of unbranched alkanes of at least 4 members (excludes halogenated alkanes) is 1. The Morgan fingerprint density at radius 1 is 1.11 bits per heavy atom. The van der Waals surface area contributed by atoms with Crippen LogP contribution in [0.3, 0.4) is 0 Å².